The SMILES string of the molecule is CC(=O)O[C@@H]1[C@@H](OC(C)=O)[C@H](OC(C)(C)[C@@H]2CC[C@@]3(C)CCCC(C)=C3C2)OC[C@H]1OC(C)=O. The zero-order chi connectivity index (χ0) is 25.3. The van der Waals surface area contributed by atoms with Gasteiger partial charge in [-0.3, -0.25) is 14.4 Å². The molecule has 8 nitrogen and oxygen atoms in total. The number of fused-ring (bicyclic) bond motifs is 1. The summed E-state index contributed by atoms with van der Waals surface area (Å²) in [6.07, 6.45) is 2.76. The first-order valence-corrected chi connectivity index (χ1v) is 12.3. The van der Waals surface area contributed by atoms with E-state index < -0.39 is 48.1 Å². The van der Waals surface area contributed by atoms with Gasteiger partial charge in [0.1, 0.15) is 0 Å². The molecule has 0 bridgehead atoms. The Morgan fingerprint density at radius 3 is 2.21 bits per heavy atom. The third-order valence-corrected chi connectivity index (χ3v) is 7.73. The van der Waals surface area contributed by atoms with Gasteiger partial charge in [-0.05, 0) is 70.6 Å². The molecule has 34 heavy (non-hydrogen) atoms. The molecular formula is C26H40O8. The van der Waals surface area contributed by atoms with Crippen molar-refractivity contribution in [2.75, 3.05) is 6.61 Å². The number of ether oxygens (including phenoxy) is 5. The van der Waals surface area contributed by atoms with E-state index in [4.69, 9.17) is 23.7 Å². The highest BCUT2D eigenvalue weighted by Crippen LogP contribution is 2.53. The minimum absolute atomic E-state index is 0.0387. The number of esters is 3. The molecule has 0 spiro atoms. The number of carbonyl (C=O) groups excluding carboxylic acids is 3. The van der Waals surface area contributed by atoms with E-state index in [1.165, 1.54) is 39.2 Å². The summed E-state index contributed by atoms with van der Waals surface area (Å²) in [5.41, 5.74) is 2.74. The lowest BCUT2D eigenvalue weighted by molar-refractivity contribution is -0.309. The van der Waals surface area contributed by atoms with Gasteiger partial charge in [0.15, 0.2) is 24.6 Å². The van der Waals surface area contributed by atoms with Gasteiger partial charge < -0.3 is 23.7 Å². The molecular weight excluding hydrogens is 440 g/mol. The number of hydrogen-bond acceptors (Lipinski definition) is 8. The molecule has 2 aliphatic carbocycles. The maximum Gasteiger partial charge on any atom is 0.303 e. The van der Waals surface area contributed by atoms with Gasteiger partial charge in [-0.25, -0.2) is 0 Å². The van der Waals surface area contributed by atoms with Crippen LogP contribution in [0.25, 0.3) is 0 Å². The van der Waals surface area contributed by atoms with Crippen LogP contribution in [0.3, 0.4) is 0 Å². The van der Waals surface area contributed by atoms with Crippen molar-refractivity contribution in [2.45, 2.75) is 117 Å². The van der Waals surface area contributed by atoms with Crippen LogP contribution >= 0.6 is 0 Å². The first-order valence-electron chi connectivity index (χ1n) is 12.3. The van der Waals surface area contributed by atoms with Crippen LogP contribution in [0.15, 0.2) is 11.1 Å². The van der Waals surface area contributed by atoms with Crippen molar-refractivity contribution in [1.29, 1.82) is 0 Å². The normalized spacial score (nSPS) is 34.1. The average molecular weight is 481 g/mol. The van der Waals surface area contributed by atoms with Gasteiger partial charge in [0.2, 0.25) is 0 Å². The molecule has 6 atom stereocenters. The van der Waals surface area contributed by atoms with Crippen molar-refractivity contribution in [3.05, 3.63) is 11.1 Å². The Morgan fingerprint density at radius 2 is 1.59 bits per heavy atom. The van der Waals surface area contributed by atoms with E-state index in [1.807, 2.05) is 13.8 Å². The van der Waals surface area contributed by atoms with Gasteiger partial charge in [-0.15, -0.1) is 0 Å². The van der Waals surface area contributed by atoms with Gasteiger partial charge in [0.05, 0.1) is 12.2 Å². The summed E-state index contributed by atoms with van der Waals surface area (Å²) in [6.45, 7) is 12.4. The van der Waals surface area contributed by atoms with Crippen LogP contribution in [-0.2, 0) is 38.1 Å². The molecule has 0 aromatic carbocycles. The van der Waals surface area contributed by atoms with Crippen LogP contribution in [0, 0.1) is 11.3 Å². The quantitative estimate of drug-likeness (QED) is 0.316. The molecule has 1 saturated carbocycles. The van der Waals surface area contributed by atoms with Crippen molar-refractivity contribution < 1.29 is 38.1 Å². The van der Waals surface area contributed by atoms with Crippen molar-refractivity contribution >= 4 is 17.9 Å². The smallest absolute Gasteiger partial charge is 0.303 e. The van der Waals surface area contributed by atoms with Crippen molar-refractivity contribution in [3.8, 4) is 0 Å². The monoisotopic (exact) mass is 480 g/mol. The zero-order valence-corrected chi connectivity index (χ0v) is 21.6. The third kappa shape index (κ3) is 6.00. The molecule has 0 amide bonds. The Morgan fingerprint density at radius 1 is 0.971 bits per heavy atom. The highest BCUT2D eigenvalue weighted by Gasteiger charge is 2.51. The third-order valence-electron chi connectivity index (χ3n) is 7.73. The lowest BCUT2D eigenvalue weighted by Crippen LogP contribution is -2.60. The molecule has 3 rings (SSSR count). The molecule has 1 heterocycles. The first kappa shape index (κ1) is 26.7. The van der Waals surface area contributed by atoms with Crippen LogP contribution < -0.4 is 0 Å². The van der Waals surface area contributed by atoms with Crippen LogP contribution in [-0.4, -0.2) is 54.7 Å². The second-order valence-electron chi connectivity index (χ2n) is 10.8. The van der Waals surface area contributed by atoms with Gasteiger partial charge in [0.25, 0.3) is 0 Å². The van der Waals surface area contributed by atoms with Gasteiger partial charge in [-0.1, -0.05) is 18.1 Å². The van der Waals surface area contributed by atoms with E-state index in [0.29, 0.717) is 0 Å². The van der Waals surface area contributed by atoms with E-state index in [1.54, 1.807) is 5.57 Å². The number of hydrogen-bond donors (Lipinski definition) is 0. The Bertz CT molecular complexity index is 831. The molecule has 1 saturated heterocycles. The average Bonchev–Trinajstić information content (AvgIpc) is 2.70. The van der Waals surface area contributed by atoms with E-state index in [9.17, 15) is 14.4 Å². The van der Waals surface area contributed by atoms with Crippen LogP contribution in [0.2, 0.25) is 0 Å². The minimum Gasteiger partial charge on any atom is -0.456 e. The summed E-state index contributed by atoms with van der Waals surface area (Å²) in [6, 6.07) is 0. The maximum atomic E-state index is 11.9. The van der Waals surface area contributed by atoms with E-state index in [2.05, 4.69) is 13.8 Å². The van der Waals surface area contributed by atoms with E-state index in [-0.39, 0.29) is 17.9 Å². The lowest BCUT2D eigenvalue weighted by atomic mass is 9.59. The topological polar surface area (TPSA) is 97.4 Å². The molecule has 0 unspecified atom stereocenters. The molecule has 2 fully saturated rings. The van der Waals surface area contributed by atoms with Crippen LogP contribution in [0.1, 0.15) is 87.0 Å². The van der Waals surface area contributed by atoms with Crippen molar-refractivity contribution in [3.63, 3.8) is 0 Å². The number of allylic oxidation sites excluding steroid dienone is 2. The molecule has 3 aliphatic rings. The predicted octanol–water partition coefficient (Wildman–Crippen LogP) is 4.24. The van der Waals surface area contributed by atoms with E-state index >= 15 is 0 Å². The largest absolute Gasteiger partial charge is 0.456 e. The summed E-state index contributed by atoms with van der Waals surface area (Å²) in [5.74, 6) is -1.44. The Labute approximate surface area is 202 Å². The number of rotatable bonds is 6. The Balaban J connectivity index is 1.82. The second kappa shape index (κ2) is 10.4. The van der Waals surface area contributed by atoms with Crippen molar-refractivity contribution in [2.24, 2.45) is 11.3 Å². The fourth-order valence-electron chi connectivity index (χ4n) is 5.90. The molecule has 0 aromatic rings. The Hall–Kier alpha value is -1.93. The highest BCUT2D eigenvalue weighted by atomic mass is 16.7. The molecule has 0 aromatic heterocycles. The molecule has 192 valence electrons. The summed E-state index contributed by atoms with van der Waals surface area (Å²) in [5, 5.41) is 0. The second-order valence-corrected chi connectivity index (χ2v) is 10.8. The zero-order valence-electron chi connectivity index (χ0n) is 21.6. The molecule has 1 aliphatic heterocycles. The maximum absolute atomic E-state index is 11.9. The fourth-order valence-corrected chi connectivity index (χ4v) is 5.90. The summed E-state index contributed by atoms with van der Waals surface area (Å²) in [7, 11) is 0. The number of carbonyl (C=O) groups is 3. The fraction of sp³-hybridized carbons (Fsp3) is 0.808. The minimum atomic E-state index is -1.07. The predicted molar refractivity (Wildman–Crippen MR) is 124 cm³/mol. The van der Waals surface area contributed by atoms with Gasteiger partial charge in [0, 0.05) is 20.8 Å². The lowest BCUT2D eigenvalue weighted by Gasteiger charge is -2.49. The van der Waals surface area contributed by atoms with Crippen LogP contribution in [0.4, 0.5) is 0 Å². The van der Waals surface area contributed by atoms with Crippen molar-refractivity contribution in [1.82, 2.24) is 0 Å². The summed E-state index contributed by atoms with van der Waals surface area (Å²) >= 11 is 0. The van der Waals surface area contributed by atoms with Crippen LogP contribution in [0.5, 0.6) is 0 Å². The van der Waals surface area contributed by atoms with E-state index in [0.717, 1.165) is 25.7 Å². The molecule has 8 heteroatoms. The Kier molecular flexibility index (Phi) is 8.13. The first-order chi connectivity index (χ1) is 15.8. The summed E-state index contributed by atoms with van der Waals surface area (Å²) < 4.78 is 28.7. The van der Waals surface area contributed by atoms with Gasteiger partial charge >= 0.3 is 17.9 Å². The summed E-state index contributed by atoms with van der Waals surface area (Å²) in [4.78, 5) is 35.3. The molecule has 0 N–H and O–H groups in total. The molecule has 0 radical (unpaired) electrons. The standard InChI is InChI=1S/C26H40O8/c1-15-9-8-11-26(7)12-10-19(13-20(15)26)25(5,6)34-24-23(33-18(4)29)22(32-17(3)28)21(14-30-24)31-16(2)27/h19,21-24H,8-14H2,1-7H3/t19-,21-,22+,23-,24+,26-/m1/s1. The van der Waals surface area contributed by atoms with Gasteiger partial charge in [-0.2, -0.15) is 0 Å². The highest BCUT2D eigenvalue weighted by molar-refractivity contribution is 5.68.